The highest BCUT2D eigenvalue weighted by Gasteiger charge is 2.06. The third kappa shape index (κ3) is 3.95. The number of nitrogens with zero attached hydrogens (tertiary/aromatic N) is 1. The maximum Gasteiger partial charge on any atom is 0.225 e. The molecule has 0 fully saturated rings. The number of carbonyl (C=O) groups is 1. The molecule has 0 saturated heterocycles. The highest BCUT2D eigenvalue weighted by Crippen LogP contribution is 2.30. The maximum atomic E-state index is 11.3. The molecule has 0 aliphatic rings. The molecular formula is C16H18ClN3O. The second-order valence-corrected chi connectivity index (χ2v) is 5.30. The molecule has 0 aliphatic carbocycles. The van der Waals surface area contributed by atoms with E-state index in [1.807, 2.05) is 26.0 Å². The highest BCUT2D eigenvalue weighted by molar-refractivity contribution is 6.33. The molecule has 1 aromatic heterocycles. The van der Waals surface area contributed by atoms with E-state index in [0.29, 0.717) is 17.3 Å². The molecule has 0 unspecified atom stereocenters. The van der Waals surface area contributed by atoms with Gasteiger partial charge in [0.2, 0.25) is 5.91 Å². The molecule has 2 aromatic rings. The van der Waals surface area contributed by atoms with E-state index in [-0.39, 0.29) is 5.91 Å². The van der Waals surface area contributed by atoms with Gasteiger partial charge in [-0.2, -0.15) is 0 Å². The first kappa shape index (κ1) is 15.3. The Kier molecular flexibility index (Phi) is 4.81. The fraction of sp³-hybridized carbons (Fsp3) is 0.250. The van der Waals surface area contributed by atoms with E-state index < -0.39 is 0 Å². The summed E-state index contributed by atoms with van der Waals surface area (Å²) in [6, 6.07) is 7.60. The number of hydrogen-bond donors (Lipinski definition) is 2. The van der Waals surface area contributed by atoms with E-state index in [1.165, 1.54) is 0 Å². The zero-order chi connectivity index (χ0) is 15.4. The van der Waals surface area contributed by atoms with Crippen molar-refractivity contribution >= 4 is 34.7 Å². The Labute approximate surface area is 129 Å². The van der Waals surface area contributed by atoms with Gasteiger partial charge in [0.15, 0.2) is 0 Å². The summed E-state index contributed by atoms with van der Waals surface area (Å²) in [5.41, 5.74) is 3.88. The second-order valence-electron chi connectivity index (χ2n) is 4.90. The van der Waals surface area contributed by atoms with Gasteiger partial charge in [0.05, 0.1) is 22.6 Å². The number of rotatable bonds is 4. The summed E-state index contributed by atoms with van der Waals surface area (Å²) in [7, 11) is 0. The summed E-state index contributed by atoms with van der Waals surface area (Å²) >= 11 is 6.26. The molecule has 110 valence electrons. The van der Waals surface area contributed by atoms with Crippen molar-refractivity contribution in [2.75, 3.05) is 10.6 Å². The molecule has 1 aromatic carbocycles. The lowest BCUT2D eigenvalue weighted by molar-refractivity contribution is -0.115. The fourth-order valence-electron chi connectivity index (χ4n) is 1.99. The lowest BCUT2D eigenvalue weighted by Crippen LogP contribution is -2.10. The van der Waals surface area contributed by atoms with E-state index >= 15 is 0 Å². The van der Waals surface area contributed by atoms with Gasteiger partial charge < -0.3 is 10.6 Å². The van der Waals surface area contributed by atoms with Crippen molar-refractivity contribution < 1.29 is 4.79 Å². The number of halogens is 1. The molecule has 0 spiro atoms. The molecule has 2 N–H and O–H groups in total. The van der Waals surface area contributed by atoms with Crippen molar-refractivity contribution in [2.24, 2.45) is 0 Å². The number of nitrogens with one attached hydrogen (secondary N) is 2. The van der Waals surface area contributed by atoms with Crippen LogP contribution < -0.4 is 10.6 Å². The van der Waals surface area contributed by atoms with Crippen LogP contribution in [0.1, 0.15) is 24.5 Å². The third-order valence-electron chi connectivity index (χ3n) is 3.05. The summed E-state index contributed by atoms with van der Waals surface area (Å²) < 4.78 is 0. The van der Waals surface area contributed by atoms with Crippen molar-refractivity contribution in [3.63, 3.8) is 0 Å². The Morgan fingerprint density at radius 2 is 2.05 bits per heavy atom. The maximum absolute atomic E-state index is 11.3. The molecule has 2 rings (SSSR count). The Morgan fingerprint density at radius 3 is 2.62 bits per heavy atom. The highest BCUT2D eigenvalue weighted by atomic mass is 35.5. The van der Waals surface area contributed by atoms with E-state index in [4.69, 9.17) is 11.6 Å². The van der Waals surface area contributed by atoms with Gasteiger partial charge in [-0.3, -0.25) is 4.79 Å². The van der Waals surface area contributed by atoms with Crippen LogP contribution in [0.4, 0.5) is 17.2 Å². The topological polar surface area (TPSA) is 54.0 Å². The van der Waals surface area contributed by atoms with Crippen molar-refractivity contribution in [1.29, 1.82) is 0 Å². The van der Waals surface area contributed by atoms with Crippen LogP contribution in [0.2, 0.25) is 5.02 Å². The lowest BCUT2D eigenvalue weighted by Gasteiger charge is -2.13. The quantitative estimate of drug-likeness (QED) is 0.877. The standard InChI is InChI=1S/C16H18ClN3O/c1-4-15(21)20-14-6-5-12(9-18-14)19-16-11(3)7-10(2)8-13(16)17/h5-9,19H,4H2,1-3H3,(H,18,20,21). The van der Waals surface area contributed by atoms with Gasteiger partial charge in [-0.05, 0) is 43.2 Å². The molecule has 0 atom stereocenters. The average Bonchev–Trinajstić information content (AvgIpc) is 2.44. The summed E-state index contributed by atoms with van der Waals surface area (Å²) in [5.74, 6) is 0.486. The van der Waals surface area contributed by atoms with Gasteiger partial charge >= 0.3 is 0 Å². The van der Waals surface area contributed by atoms with Crippen molar-refractivity contribution in [2.45, 2.75) is 27.2 Å². The zero-order valence-electron chi connectivity index (χ0n) is 12.3. The first-order chi connectivity index (χ1) is 9.99. The summed E-state index contributed by atoms with van der Waals surface area (Å²) in [5, 5.41) is 6.64. The van der Waals surface area contributed by atoms with Gasteiger partial charge in [0, 0.05) is 6.42 Å². The smallest absolute Gasteiger partial charge is 0.225 e. The van der Waals surface area contributed by atoms with Crippen molar-refractivity contribution in [3.05, 3.63) is 46.6 Å². The Balaban J connectivity index is 2.16. The minimum absolute atomic E-state index is 0.0550. The molecule has 0 bridgehead atoms. The molecule has 1 amide bonds. The van der Waals surface area contributed by atoms with Gasteiger partial charge in [-0.15, -0.1) is 0 Å². The van der Waals surface area contributed by atoms with Crippen LogP contribution in [-0.2, 0) is 4.79 Å². The molecule has 0 radical (unpaired) electrons. The van der Waals surface area contributed by atoms with Crippen molar-refractivity contribution in [3.8, 4) is 0 Å². The van der Waals surface area contributed by atoms with E-state index in [9.17, 15) is 4.79 Å². The first-order valence-corrected chi connectivity index (χ1v) is 7.17. The molecule has 4 nitrogen and oxygen atoms in total. The third-order valence-corrected chi connectivity index (χ3v) is 3.35. The fourth-order valence-corrected chi connectivity index (χ4v) is 2.36. The molecule has 1 heterocycles. The lowest BCUT2D eigenvalue weighted by atomic mass is 10.1. The SMILES string of the molecule is CCC(=O)Nc1ccc(Nc2c(C)cc(C)cc2Cl)cn1. The van der Waals surface area contributed by atoms with Gasteiger partial charge in [-0.25, -0.2) is 4.98 Å². The number of pyridine rings is 1. The van der Waals surface area contributed by atoms with Crippen LogP contribution in [0.15, 0.2) is 30.5 Å². The first-order valence-electron chi connectivity index (χ1n) is 6.79. The molecule has 0 saturated carbocycles. The number of amides is 1. The second kappa shape index (κ2) is 6.59. The monoisotopic (exact) mass is 303 g/mol. The molecular weight excluding hydrogens is 286 g/mol. The minimum atomic E-state index is -0.0550. The van der Waals surface area contributed by atoms with E-state index in [1.54, 1.807) is 19.2 Å². The molecule has 0 aliphatic heterocycles. The molecule has 21 heavy (non-hydrogen) atoms. The van der Waals surface area contributed by atoms with E-state index in [0.717, 1.165) is 22.5 Å². The number of aromatic nitrogens is 1. The average molecular weight is 304 g/mol. The van der Waals surface area contributed by atoms with Crippen LogP contribution >= 0.6 is 11.6 Å². The Morgan fingerprint density at radius 1 is 1.29 bits per heavy atom. The van der Waals surface area contributed by atoms with Gasteiger partial charge in [0.25, 0.3) is 0 Å². The number of hydrogen-bond acceptors (Lipinski definition) is 3. The molecule has 5 heteroatoms. The summed E-state index contributed by atoms with van der Waals surface area (Å²) in [6.45, 7) is 5.81. The van der Waals surface area contributed by atoms with Gasteiger partial charge in [0.1, 0.15) is 5.82 Å². The van der Waals surface area contributed by atoms with Crippen LogP contribution in [0.3, 0.4) is 0 Å². The number of carbonyl (C=O) groups excluding carboxylic acids is 1. The predicted octanol–water partition coefficient (Wildman–Crippen LogP) is 4.44. The van der Waals surface area contributed by atoms with Crippen LogP contribution in [0, 0.1) is 13.8 Å². The summed E-state index contributed by atoms with van der Waals surface area (Å²) in [4.78, 5) is 15.5. The Hall–Kier alpha value is -2.07. The number of anilines is 3. The van der Waals surface area contributed by atoms with Crippen LogP contribution in [0.25, 0.3) is 0 Å². The number of aryl methyl sites for hydroxylation is 2. The Bertz CT molecular complexity index is 630. The number of benzene rings is 1. The zero-order valence-corrected chi connectivity index (χ0v) is 13.1. The van der Waals surface area contributed by atoms with E-state index in [2.05, 4.69) is 21.7 Å². The van der Waals surface area contributed by atoms with Gasteiger partial charge in [-0.1, -0.05) is 24.6 Å². The largest absolute Gasteiger partial charge is 0.353 e. The van der Waals surface area contributed by atoms with Crippen molar-refractivity contribution in [1.82, 2.24) is 4.98 Å². The van der Waals surface area contributed by atoms with Crippen LogP contribution in [-0.4, -0.2) is 10.9 Å². The normalized spacial score (nSPS) is 10.3. The predicted molar refractivity (Wildman–Crippen MR) is 87.4 cm³/mol. The minimum Gasteiger partial charge on any atom is -0.353 e. The van der Waals surface area contributed by atoms with Crippen LogP contribution in [0.5, 0.6) is 0 Å². The summed E-state index contributed by atoms with van der Waals surface area (Å²) in [6.07, 6.45) is 2.10.